The monoisotopic (exact) mass is 432 g/mol. The Morgan fingerprint density at radius 3 is 2.62 bits per heavy atom. The van der Waals surface area contributed by atoms with Crippen LogP contribution in [0.25, 0.3) is 0 Å². The summed E-state index contributed by atoms with van der Waals surface area (Å²) in [5, 5.41) is 10.6. The quantitative estimate of drug-likeness (QED) is 0.605. The van der Waals surface area contributed by atoms with E-state index in [1.165, 1.54) is 12.1 Å². The minimum Gasteiger partial charge on any atom is -0.384 e. The summed E-state index contributed by atoms with van der Waals surface area (Å²) in [4.78, 5) is 0. The first-order chi connectivity index (χ1) is 15.6. The topological polar surface area (TPSA) is 53.6 Å². The highest BCUT2D eigenvalue weighted by molar-refractivity contribution is 6.02. The van der Waals surface area contributed by atoms with Crippen LogP contribution in [0.4, 0.5) is 14.5 Å². The van der Waals surface area contributed by atoms with Gasteiger partial charge in [0, 0.05) is 35.7 Å². The van der Waals surface area contributed by atoms with E-state index in [0.29, 0.717) is 25.2 Å². The lowest BCUT2D eigenvalue weighted by atomic mass is 9.70. The first kappa shape index (κ1) is 20.6. The molecular weight excluding hydrogens is 406 g/mol. The zero-order valence-corrected chi connectivity index (χ0v) is 17.8. The number of nitrogens with zero attached hydrogens (tertiary/aromatic N) is 2. The van der Waals surface area contributed by atoms with Crippen LogP contribution >= 0.6 is 0 Å². The van der Waals surface area contributed by atoms with Gasteiger partial charge in [-0.05, 0) is 42.8 Å². The van der Waals surface area contributed by atoms with E-state index in [2.05, 4.69) is 34.6 Å². The lowest BCUT2D eigenvalue weighted by Gasteiger charge is -2.48. The van der Waals surface area contributed by atoms with E-state index in [1.54, 1.807) is 0 Å². The molecule has 0 saturated carbocycles. The molecule has 3 aromatic carbocycles. The van der Waals surface area contributed by atoms with Crippen molar-refractivity contribution in [2.24, 2.45) is 16.8 Å². The molecule has 2 atom stereocenters. The Bertz CT molecular complexity index is 1150. The Kier molecular flexibility index (Phi) is 5.39. The van der Waals surface area contributed by atoms with Crippen LogP contribution in [0.15, 0.2) is 77.9 Å². The molecular formula is C26H26F2N4. The van der Waals surface area contributed by atoms with E-state index in [1.807, 2.05) is 30.3 Å². The average Bonchev–Trinajstić information content (AvgIpc) is 3.17. The highest BCUT2D eigenvalue weighted by Gasteiger charge is 2.52. The summed E-state index contributed by atoms with van der Waals surface area (Å²) in [7, 11) is 0. The fourth-order valence-electron chi connectivity index (χ4n) is 5.19. The summed E-state index contributed by atoms with van der Waals surface area (Å²) < 4.78 is 28.8. The van der Waals surface area contributed by atoms with E-state index in [0.717, 1.165) is 35.8 Å². The number of hydrazone groups is 1. The molecule has 4 nitrogen and oxygen atoms in total. The van der Waals surface area contributed by atoms with Gasteiger partial charge in [-0.1, -0.05) is 48.5 Å². The van der Waals surface area contributed by atoms with Crippen molar-refractivity contribution in [2.75, 3.05) is 18.4 Å². The van der Waals surface area contributed by atoms with E-state index in [4.69, 9.17) is 10.8 Å². The van der Waals surface area contributed by atoms with E-state index in [-0.39, 0.29) is 11.5 Å². The van der Waals surface area contributed by atoms with Crippen molar-refractivity contribution in [3.8, 4) is 0 Å². The van der Waals surface area contributed by atoms with Crippen LogP contribution in [0, 0.1) is 17.6 Å². The molecule has 1 spiro atoms. The van der Waals surface area contributed by atoms with Crippen molar-refractivity contribution >= 4 is 11.4 Å². The molecule has 3 N–H and O–H groups in total. The summed E-state index contributed by atoms with van der Waals surface area (Å²) in [6, 6.07) is 21.9. The Balaban J connectivity index is 1.67. The van der Waals surface area contributed by atoms with Crippen LogP contribution in [0.3, 0.4) is 0 Å². The van der Waals surface area contributed by atoms with Crippen molar-refractivity contribution < 1.29 is 8.78 Å². The number of anilines is 1. The maximum absolute atomic E-state index is 14.8. The Morgan fingerprint density at radius 2 is 1.81 bits per heavy atom. The minimum atomic E-state index is -0.495. The van der Waals surface area contributed by atoms with Crippen molar-refractivity contribution in [3.63, 3.8) is 0 Å². The summed E-state index contributed by atoms with van der Waals surface area (Å²) in [5.74, 6) is -0.771. The number of nitrogens with one attached hydrogen (secondary N) is 1. The highest BCUT2D eigenvalue weighted by atomic mass is 19.1. The Labute approximate surface area is 186 Å². The lowest BCUT2D eigenvalue weighted by molar-refractivity contribution is 0.0427. The molecule has 164 valence electrons. The Morgan fingerprint density at radius 1 is 1.03 bits per heavy atom. The van der Waals surface area contributed by atoms with Crippen LogP contribution in [0.5, 0.6) is 0 Å². The van der Waals surface area contributed by atoms with Gasteiger partial charge in [-0.25, -0.2) is 8.78 Å². The number of rotatable bonds is 5. The van der Waals surface area contributed by atoms with Gasteiger partial charge in [0.05, 0.1) is 17.8 Å². The van der Waals surface area contributed by atoms with Crippen LogP contribution in [-0.2, 0) is 12.1 Å². The zero-order chi connectivity index (χ0) is 22.1. The third kappa shape index (κ3) is 3.45. The molecule has 0 amide bonds. The largest absolute Gasteiger partial charge is 0.384 e. The van der Waals surface area contributed by atoms with Gasteiger partial charge in [0.15, 0.2) is 0 Å². The standard InChI is InChI=1S/C26H26F2N4/c27-20-10-11-23(28)21(14-20)25-15-26(32(31-25)17-18-6-2-1-3-7-18)19(12-13-29)16-30-24-9-5-4-8-22(24)26/h1-11,14,19,30H,12-13,15-17,29H2. The summed E-state index contributed by atoms with van der Waals surface area (Å²) >= 11 is 0. The van der Waals surface area contributed by atoms with Crippen molar-refractivity contribution in [2.45, 2.75) is 24.9 Å². The molecule has 2 aliphatic heterocycles. The Hall–Kier alpha value is -3.25. The van der Waals surface area contributed by atoms with Gasteiger partial charge in [0.2, 0.25) is 0 Å². The zero-order valence-electron chi connectivity index (χ0n) is 17.8. The molecule has 32 heavy (non-hydrogen) atoms. The number of para-hydroxylation sites is 1. The van der Waals surface area contributed by atoms with Crippen LogP contribution < -0.4 is 11.1 Å². The minimum absolute atomic E-state index is 0.156. The molecule has 2 unspecified atom stereocenters. The maximum atomic E-state index is 14.8. The van der Waals surface area contributed by atoms with Crippen molar-refractivity contribution in [1.29, 1.82) is 0 Å². The molecule has 6 heteroatoms. The summed E-state index contributed by atoms with van der Waals surface area (Å²) in [6.07, 6.45) is 1.28. The van der Waals surface area contributed by atoms with Gasteiger partial charge in [-0.3, -0.25) is 5.01 Å². The van der Waals surface area contributed by atoms with E-state index in [9.17, 15) is 8.78 Å². The number of hydrogen-bond donors (Lipinski definition) is 2. The van der Waals surface area contributed by atoms with Crippen LogP contribution in [0.2, 0.25) is 0 Å². The van der Waals surface area contributed by atoms with Gasteiger partial charge in [0.25, 0.3) is 0 Å². The smallest absolute Gasteiger partial charge is 0.132 e. The second-order valence-corrected chi connectivity index (χ2v) is 8.52. The third-order valence-electron chi connectivity index (χ3n) is 6.68. The van der Waals surface area contributed by atoms with Gasteiger partial charge in [-0.15, -0.1) is 0 Å². The molecule has 0 saturated heterocycles. The second kappa shape index (κ2) is 8.36. The SMILES string of the molecule is NCCC1CNc2ccccc2C12CC(c1cc(F)ccc1F)=NN2Cc1ccccc1. The summed E-state index contributed by atoms with van der Waals surface area (Å²) in [6.45, 7) is 1.85. The predicted molar refractivity (Wildman–Crippen MR) is 123 cm³/mol. The maximum Gasteiger partial charge on any atom is 0.132 e. The lowest BCUT2D eigenvalue weighted by Crippen LogP contribution is -2.52. The summed E-state index contributed by atoms with van der Waals surface area (Å²) in [5.41, 5.74) is 9.60. The fourth-order valence-corrected chi connectivity index (χ4v) is 5.19. The third-order valence-corrected chi connectivity index (χ3v) is 6.68. The second-order valence-electron chi connectivity index (χ2n) is 8.52. The molecule has 0 aliphatic carbocycles. The van der Waals surface area contributed by atoms with Gasteiger partial charge in [0.1, 0.15) is 11.6 Å². The molecule has 2 aliphatic rings. The number of hydrogen-bond acceptors (Lipinski definition) is 4. The van der Waals surface area contributed by atoms with E-state index >= 15 is 0 Å². The normalized spacial score (nSPS) is 21.9. The molecule has 2 heterocycles. The number of halogens is 2. The molecule has 3 aromatic rings. The van der Waals surface area contributed by atoms with Crippen LogP contribution in [-0.4, -0.2) is 23.8 Å². The molecule has 0 aromatic heterocycles. The number of fused-ring (bicyclic) bond motifs is 2. The fraction of sp³-hybridized carbons (Fsp3) is 0.269. The molecule has 5 rings (SSSR count). The number of nitrogens with two attached hydrogens (primary N) is 1. The highest BCUT2D eigenvalue weighted by Crippen LogP contribution is 2.51. The van der Waals surface area contributed by atoms with Crippen molar-refractivity contribution in [1.82, 2.24) is 5.01 Å². The number of benzene rings is 3. The molecule has 0 fully saturated rings. The average molecular weight is 433 g/mol. The van der Waals surface area contributed by atoms with Crippen molar-refractivity contribution in [3.05, 3.63) is 101 Å². The predicted octanol–water partition coefficient (Wildman–Crippen LogP) is 4.86. The van der Waals surface area contributed by atoms with Crippen LogP contribution in [0.1, 0.15) is 29.5 Å². The van der Waals surface area contributed by atoms with Gasteiger partial charge >= 0.3 is 0 Å². The first-order valence-electron chi connectivity index (χ1n) is 11.0. The first-order valence-corrected chi connectivity index (χ1v) is 11.0. The van der Waals surface area contributed by atoms with Gasteiger partial charge in [-0.2, -0.15) is 5.10 Å². The molecule has 0 bridgehead atoms. The molecule has 0 radical (unpaired) electrons. The van der Waals surface area contributed by atoms with Gasteiger partial charge < -0.3 is 11.1 Å². The van der Waals surface area contributed by atoms with E-state index < -0.39 is 17.2 Å².